The third-order valence-corrected chi connectivity index (χ3v) is 4.73. The van der Waals surface area contributed by atoms with Crippen molar-refractivity contribution in [1.29, 1.82) is 0 Å². The Morgan fingerprint density at radius 1 is 0.821 bits per heavy atom. The predicted octanol–water partition coefficient (Wildman–Crippen LogP) is 6.20. The van der Waals surface area contributed by atoms with Gasteiger partial charge in [0.2, 0.25) is 0 Å². The molecule has 28 heavy (non-hydrogen) atoms. The smallest absolute Gasteiger partial charge is 0.257 e. The van der Waals surface area contributed by atoms with Crippen LogP contribution >= 0.6 is 0 Å². The summed E-state index contributed by atoms with van der Waals surface area (Å²) in [5, 5.41) is 6.15. The molecule has 1 aliphatic rings. The van der Waals surface area contributed by atoms with E-state index >= 15 is 0 Å². The Balaban J connectivity index is 1.81. The van der Waals surface area contributed by atoms with E-state index in [1.54, 1.807) is 11.1 Å². The van der Waals surface area contributed by atoms with Gasteiger partial charge in [-0.15, -0.1) is 0 Å². The molecule has 3 aromatic rings. The molecule has 0 bridgehead atoms. The maximum Gasteiger partial charge on any atom is 0.416 e. The van der Waals surface area contributed by atoms with E-state index in [2.05, 4.69) is 5.10 Å². The van der Waals surface area contributed by atoms with Gasteiger partial charge in [0, 0.05) is 6.42 Å². The summed E-state index contributed by atoms with van der Waals surface area (Å²) in [5.74, 6) is -0.414. The molecule has 0 aromatic heterocycles. The Bertz CT molecular complexity index is 995. The summed E-state index contributed by atoms with van der Waals surface area (Å²) in [6.45, 7) is 0. The van der Waals surface area contributed by atoms with Crippen molar-refractivity contribution in [3.63, 3.8) is 0 Å². The molecule has 0 N–H and O–H groups in total. The van der Waals surface area contributed by atoms with Gasteiger partial charge in [-0.25, -0.2) is 4.39 Å². The summed E-state index contributed by atoms with van der Waals surface area (Å²) in [6.07, 6.45) is -4.16. The predicted molar refractivity (Wildman–Crippen MR) is 101 cm³/mol. The second-order valence-electron chi connectivity index (χ2n) is 6.54. The van der Waals surface area contributed by atoms with Crippen LogP contribution in [-0.2, 0) is 6.18 Å². The lowest BCUT2D eigenvalue weighted by molar-refractivity contribution is -0.138. The summed E-state index contributed by atoms with van der Waals surface area (Å²) in [4.78, 5) is 0. The molecule has 0 radical (unpaired) electrons. The van der Waals surface area contributed by atoms with E-state index in [4.69, 9.17) is 0 Å². The van der Waals surface area contributed by atoms with Crippen LogP contribution in [0.2, 0.25) is 0 Å². The molecule has 1 atom stereocenters. The minimum atomic E-state index is -4.47. The number of halogens is 4. The number of anilines is 1. The lowest BCUT2D eigenvalue weighted by Crippen LogP contribution is -2.22. The van der Waals surface area contributed by atoms with Crippen molar-refractivity contribution in [1.82, 2.24) is 0 Å². The van der Waals surface area contributed by atoms with Gasteiger partial charge in [-0.2, -0.15) is 18.3 Å². The van der Waals surface area contributed by atoms with Crippen LogP contribution in [0, 0.1) is 5.82 Å². The molecular formula is C22H16F4N2. The molecule has 1 unspecified atom stereocenters. The highest BCUT2D eigenvalue weighted by molar-refractivity contribution is 6.03. The van der Waals surface area contributed by atoms with Crippen molar-refractivity contribution in [3.8, 4) is 0 Å². The summed E-state index contributed by atoms with van der Waals surface area (Å²) in [7, 11) is 0. The summed E-state index contributed by atoms with van der Waals surface area (Å²) in [5.41, 5.74) is 1.54. The van der Waals surface area contributed by atoms with Crippen LogP contribution in [0.3, 0.4) is 0 Å². The highest BCUT2D eigenvalue weighted by atomic mass is 19.4. The van der Waals surface area contributed by atoms with Crippen LogP contribution in [-0.4, -0.2) is 5.71 Å². The SMILES string of the molecule is Fc1ccc(N2N=C(c3ccccc3)CC2c2ccccc2C(F)(F)F)cc1. The van der Waals surface area contributed by atoms with Crippen molar-refractivity contribution in [2.45, 2.75) is 18.6 Å². The zero-order valence-electron chi connectivity index (χ0n) is 14.7. The fourth-order valence-electron chi connectivity index (χ4n) is 3.44. The zero-order chi connectivity index (χ0) is 19.7. The van der Waals surface area contributed by atoms with Crippen LogP contribution in [0.15, 0.2) is 84.0 Å². The van der Waals surface area contributed by atoms with E-state index in [9.17, 15) is 17.6 Å². The van der Waals surface area contributed by atoms with E-state index in [0.29, 0.717) is 17.8 Å². The maximum absolute atomic E-state index is 13.6. The number of hydrogen-bond donors (Lipinski definition) is 0. The van der Waals surface area contributed by atoms with Gasteiger partial charge >= 0.3 is 6.18 Å². The largest absolute Gasteiger partial charge is 0.416 e. The second-order valence-corrected chi connectivity index (χ2v) is 6.54. The van der Waals surface area contributed by atoms with Crippen LogP contribution in [0.25, 0.3) is 0 Å². The van der Waals surface area contributed by atoms with Gasteiger partial charge in [-0.1, -0.05) is 48.5 Å². The number of alkyl halides is 3. The molecule has 1 heterocycles. The van der Waals surface area contributed by atoms with Gasteiger partial charge in [-0.3, -0.25) is 5.01 Å². The Morgan fingerprint density at radius 3 is 2.14 bits per heavy atom. The summed E-state index contributed by atoms with van der Waals surface area (Å²) < 4.78 is 54.1. The molecule has 0 amide bonds. The van der Waals surface area contributed by atoms with Gasteiger partial charge in [0.05, 0.1) is 23.0 Å². The standard InChI is InChI=1S/C22H16F4N2/c23-16-10-12-17(13-11-16)28-21(14-20(27-28)15-6-2-1-3-7-15)18-8-4-5-9-19(18)22(24,25)26/h1-13,21H,14H2. The Kier molecular flexibility index (Phi) is 4.63. The summed E-state index contributed by atoms with van der Waals surface area (Å²) >= 11 is 0. The lowest BCUT2D eigenvalue weighted by atomic mass is 9.94. The van der Waals surface area contributed by atoms with Crippen molar-refractivity contribution in [2.24, 2.45) is 5.10 Å². The van der Waals surface area contributed by atoms with E-state index in [0.717, 1.165) is 11.6 Å². The van der Waals surface area contributed by atoms with Crippen LogP contribution < -0.4 is 5.01 Å². The average Bonchev–Trinajstić information content (AvgIpc) is 3.14. The first-order valence-electron chi connectivity index (χ1n) is 8.77. The molecule has 1 aliphatic heterocycles. The average molecular weight is 384 g/mol. The Morgan fingerprint density at radius 2 is 1.46 bits per heavy atom. The minimum absolute atomic E-state index is 0.147. The second kappa shape index (κ2) is 7.11. The molecule has 3 aromatic carbocycles. The van der Waals surface area contributed by atoms with Crippen molar-refractivity contribution < 1.29 is 17.6 Å². The Labute approximate surface area is 159 Å². The van der Waals surface area contributed by atoms with E-state index < -0.39 is 23.6 Å². The molecule has 0 spiro atoms. The fourth-order valence-corrected chi connectivity index (χ4v) is 3.44. The molecular weight excluding hydrogens is 368 g/mol. The first kappa shape index (κ1) is 18.2. The van der Waals surface area contributed by atoms with Crippen LogP contribution in [0.5, 0.6) is 0 Å². The lowest BCUT2D eigenvalue weighted by Gasteiger charge is -2.26. The van der Waals surface area contributed by atoms with Gasteiger partial charge in [0.15, 0.2) is 0 Å². The first-order chi connectivity index (χ1) is 13.4. The van der Waals surface area contributed by atoms with E-state index in [1.807, 2.05) is 30.3 Å². The maximum atomic E-state index is 13.6. The molecule has 0 fully saturated rings. The number of hydrogen-bond acceptors (Lipinski definition) is 2. The quantitative estimate of drug-likeness (QED) is 0.491. The minimum Gasteiger partial charge on any atom is -0.257 e. The normalized spacial score (nSPS) is 16.9. The first-order valence-corrected chi connectivity index (χ1v) is 8.77. The summed E-state index contributed by atoms with van der Waals surface area (Å²) in [6, 6.07) is 19.8. The number of nitrogens with zero attached hydrogens (tertiary/aromatic N) is 2. The van der Waals surface area contributed by atoms with Crippen molar-refractivity contribution in [3.05, 3.63) is 101 Å². The molecule has 0 aliphatic carbocycles. The molecule has 142 valence electrons. The van der Waals surface area contributed by atoms with Crippen LogP contribution in [0.1, 0.15) is 29.2 Å². The molecule has 2 nitrogen and oxygen atoms in total. The van der Waals surface area contributed by atoms with E-state index in [-0.39, 0.29) is 5.56 Å². The molecule has 4 rings (SSSR count). The number of benzene rings is 3. The van der Waals surface area contributed by atoms with Crippen molar-refractivity contribution in [2.75, 3.05) is 5.01 Å². The van der Waals surface area contributed by atoms with Gasteiger partial charge < -0.3 is 0 Å². The van der Waals surface area contributed by atoms with Gasteiger partial charge in [-0.05, 0) is 41.5 Å². The van der Waals surface area contributed by atoms with Crippen LogP contribution in [0.4, 0.5) is 23.2 Å². The number of hydrazone groups is 1. The highest BCUT2D eigenvalue weighted by Crippen LogP contribution is 2.42. The van der Waals surface area contributed by atoms with E-state index in [1.165, 1.54) is 36.4 Å². The fraction of sp³-hybridized carbons (Fsp3) is 0.136. The van der Waals surface area contributed by atoms with Gasteiger partial charge in [0.25, 0.3) is 0 Å². The van der Waals surface area contributed by atoms with Gasteiger partial charge in [0.1, 0.15) is 5.82 Å². The topological polar surface area (TPSA) is 15.6 Å². The monoisotopic (exact) mass is 384 g/mol. The van der Waals surface area contributed by atoms with Crippen molar-refractivity contribution >= 4 is 11.4 Å². The Hall–Kier alpha value is -3.15. The third kappa shape index (κ3) is 3.50. The highest BCUT2D eigenvalue weighted by Gasteiger charge is 2.39. The third-order valence-electron chi connectivity index (χ3n) is 4.73. The molecule has 0 saturated carbocycles. The number of rotatable bonds is 3. The molecule has 6 heteroatoms. The zero-order valence-corrected chi connectivity index (χ0v) is 14.7. The molecule has 0 saturated heterocycles.